The molecule has 0 amide bonds. The molecule has 0 spiro atoms. The Labute approximate surface area is 79.3 Å². The van der Waals surface area contributed by atoms with Crippen LogP contribution in [0.3, 0.4) is 0 Å². The van der Waals surface area contributed by atoms with E-state index < -0.39 is 0 Å². The van der Waals surface area contributed by atoms with Crippen LogP contribution < -0.4 is 0 Å². The molecule has 1 aliphatic rings. The van der Waals surface area contributed by atoms with Crippen molar-refractivity contribution in [3.05, 3.63) is 17.5 Å². The van der Waals surface area contributed by atoms with Crippen LogP contribution in [0.1, 0.15) is 18.2 Å². The van der Waals surface area contributed by atoms with E-state index in [1.807, 2.05) is 17.9 Å². The van der Waals surface area contributed by atoms with Gasteiger partial charge in [-0.2, -0.15) is 5.10 Å². The molecule has 1 fully saturated rings. The first-order chi connectivity index (χ1) is 6.16. The van der Waals surface area contributed by atoms with Gasteiger partial charge in [0.1, 0.15) is 0 Å². The van der Waals surface area contributed by atoms with Crippen LogP contribution in [-0.4, -0.2) is 27.8 Å². The maximum atomic E-state index is 4.24. The normalized spacial score (nSPS) is 19.0. The minimum Gasteiger partial charge on any atom is -0.297 e. The van der Waals surface area contributed by atoms with Gasteiger partial charge in [-0.3, -0.25) is 9.58 Å². The van der Waals surface area contributed by atoms with E-state index in [1.165, 1.54) is 24.3 Å². The molecule has 3 heteroatoms. The Hall–Kier alpha value is -0.830. The number of hydrogen-bond acceptors (Lipinski definition) is 2. The van der Waals surface area contributed by atoms with Gasteiger partial charge >= 0.3 is 0 Å². The quantitative estimate of drug-likeness (QED) is 0.679. The fourth-order valence-corrected chi connectivity index (χ4v) is 1.97. The summed E-state index contributed by atoms with van der Waals surface area (Å²) in [4.78, 5) is 2.47. The third-order valence-corrected chi connectivity index (χ3v) is 2.78. The van der Waals surface area contributed by atoms with E-state index in [-0.39, 0.29) is 0 Å². The molecular formula is C10H17N3. The summed E-state index contributed by atoms with van der Waals surface area (Å²) in [5, 5.41) is 4.24. The fraction of sp³-hybridized carbons (Fsp3) is 0.700. The highest BCUT2D eigenvalue weighted by atomic mass is 15.3. The summed E-state index contributed by atoms with van der Waals surface area (Å²) in [6, 6.07) is 0. The van der Waals surface area contributed by atoms with Crippen LogP contribution in [0, 0.1) is 12.8 Å². The average molecular weight is 179 g/mol. The van der Waals surface area contributed by atoms with Crippen molar-refractivity contribution in [1.82, 2.24) is 14.7 Å². The van der Waals surface area contributed by atoms with E-state index in [0.29, 0.717) is 0 Å². The summed E-state index contributed by atoms with van der Waals surface area (Å²) >= 11 is 0. The highest BCUT2D eigenvalue weighted by Gasteiger charge is 2.23. The maximum Gasteiger partial charge on any atom is 0.0550 e. The summed E-state index contributed by atoms with van der Waals surface area (Å²) in [6.07, 6.45) is 1.94. The van der Waals surface area contributed by atoms with Gasteiger partial charge in [-0.25, -0.2) is 0 Å². The van der Waals surface area contributed by atoms with Crippen molar-refractivity contribution in [2.75, 3.05) is 13.1 Å². The molecule has 0 N–H and O–H groups in total. The highest BCUT2D eigenvalue weighted by Crippen LogP contribution is 2.18. The monoisotopic (exact) mass is 179 g/mol. The number of aromatic nitrogens is 2. The summed E-state index contributed by atoms with van der Waals surface area (Å²) in [5.74, 6) is 0.883. The Balaban J connectivity index is 2.01. The molecule has 0 radical (unpaired) electrons. The molecule has 1 saturated heterocycles. The number of likely N-dealkylation sites (tertiary alicyclic amines) is 1. The van der Waals surface area contributed by atoms with Gasteiger partial charge in [0.15, 0.2) is 0 Å². The molecule has 0 saturated carbocycles. The van der Waals surface area contributed by atoms with Crippen molar-refractivity contribution in [2.24, 2.45) is 13.0 Å². The molecule has 1 aromatic heterocycles. The zero-order chi connectivity index (χ0) is 9.42. The van der Waals surface area contributed by atoms with Crippen LogP contribution in [0.4, 0.5) is 0 Å². The van der Waals surface area contributed by atoms with Crippen molar-refractivity contribution in [3.8, 4) is 0 Å². The van der Waals surface area contributed by atoms with Gasteiger partial charge in [-0.1, -0.05) is 6.92 Å². The Morgan fingerprint density at radius 1 is 1.54 bits per heavy atom. The van der Waals surface area contributed by atoms with Gasteiger partial charge in [-0.05, 0) is 18.4 Å². The molecule has 2 heterocycles. The predicted octanol–water partition coefficient (Wildman–Crippen LogP) is 1.18. The summed E-state index contributed by atoms with van der Waals surface area (Å²) < 4.78 is 1.98. The van der Waals surface area contributed by atoms with E-state index in [2.05, 4.69) is 23.8 Å². The van der Waals surface area contributed by atoms with Crippen molar-refractivity contribution in [3.63, 3.8) is 0 Å². The predicted molar refractivity (Wildman–Crippen MR) is 52.4 cm³/mol. The first-order valence-corrected chi connectivity index (χ1v) is 4.86. The van der Waals surface area contributed by atoms with Gasteiger partial charge in [0.2, 0.25) is 0 Å². The Kier molecular flexibility index (Phi) is 2.12. The molecule has 0 unspecified atom stereocenters. The van der Waals surface area contributed by atoms with Crippen molar-refractivity contribution < 1.29 is 0 Å². The number of rotatable bonds is 2. The summed E-state index contributed by atoms with van der Waals surface area (Å²) in [6.45, 7) is 7.97. The topological polar surface area (TPSA) is 21.1 Å². The van der Waals surface area contributed by atoms with Crippen molar-refractivity contribution >= 4 is 0 Å². The van der Waals surface area contributed by atoms with Gasteiger partial charge in [0.05, 0.1) is 11.9 Å². The van der Waals surface area contributed by atoms with Crippen LogP contribution >= 0.6 is 0 Å². The molecule has 2 rings (SSSR count). The second kappa shape index (κ2) is 3.14. The van der Waals surface area contributed by atoms with Crippen LogP contribution in [0.25, 0.3) is 0 Å². The highest BCUT2D eigenvalue weighted by molar-refractivity contribution is 5.15. The molecule has 3 nitrogen and oxygen atoms in total. The second-order valence-electron chi connectivity index (χ2n) is 4.20. The lowest BCUT2D eigenvalue weighted by Gasteiger charge is -2.37. The average Bonchev–Trinajstić information content (AvgIpc) is 2.32. The summed E-state index contributed by atoms with van der Waals surface area (Å²) in [5.41, 5.74) is 2.66. The van der Waals surface area contributed by atoms with Gasteiger partial charge in [0, 0.05) is 26.7 Å². The Morgan fingerprint density at radius 2 is 2.23 bits per heavy atom. The smallest absolute Gasteiger partial charge is 0.0550 e. The van der Waals surface area contributed by atoms with E-state index in [9.17, 15) is 0 Å². The number of hydrogen-bond donors (Lipinski definition) is 0. The molecule has 0 bridgehead atoms. The first kappa shape index (κ1) is 8.75. The second-order valence-corrected chi connectivity index (χ2v) is 4.20. The molecule has 13 heavy (non-hydrogen) atoms. The van der Waals surface area contributed by atoms with E-state index in [0.717, 1.165) is 12.5 Å². The number of nitrogens with zero attached hydrogens (tertiary/aromatic N) is 3. The van der Waals surface area contributed by atoms with Gasteiger partial charge in [0.25, 0.3) is 0 Å². The van der Waals surface area contributed by atoms with E-state index in [1.54, 1.807) is 0 Å². The first-order valence-electron chi connectivity index (χ1n) is 4.86. The Morgan fingerprint density at radius 3 is 2.69 bits per heavy atom. The lowest BCUT2D eigenvalue weighted by molar-refractivity contribution is 0.101. The summed E-state index contributed by atoms with van der Waals surface area (Å²) in [7, 11) is 2.02. The largest absolute Gasteiger partial charge is 0.297 e. The molecular weight excluding hydrogens is 162 g/mol. The van der Waals surface area contributed by atoms with E-state index >= 15 is 0 Å². The molecule has 0 aliphatic carbocycles. The number of aryl methyl sites for hydroxylation is 2. The molecule has 1 aromatic rings. The van der Waals surface area contributed by atoms with Crippen molar-refractivity contribution in [1.29, 1.82) is 0 Å². The zero-order valence-corrected chi connectivity index (χ0v) is 8.62. The zero-order valence-electron chi connectivity index (χ0n) is 8.62. The molecule has 72 valence electrons. The Bertz CT molecular complexity index is 278. The maximum absolute atomic E-state index is 4.24. The van der Waals surface area contributed by atoms with E-state index in [4.69, 9.17) is 0 Å². The van der Waals surface area contributed by atoms with Gasteiger partial charge < -0.3 is 0 Å². The van der Waals surface area contributed by atoms with Crippen LogP contribution in [-0.2, 0) is 13.6 Å². The molecule has 0 atom stereocenters. The van der Waals surface area contributed by atoms with Crippen LogP contribution in [0.15, 0.2) is 6.20 Å². The third-order valence-electron chi connectivity index (χ3n) is 2.78. The third kappa shape index (κ3) is 1.61. The minimum atomic E-state index is 0.883. The van der Waals surface area contributed by atoms with Crippen LogP contribution in [0.2, 0.25) is 0 Å². The lowest BCUT2D eigenvalue weighted by atomic mass is 10.0. The lowest BCUT2D eigenvalue weighted by Crippen LogP contribution is -2.44. The molecule has 1 aliphatic heterocycles. The minimum absolute atomic E-state index is 0.883. The SMILES string of the molecule is Cc1cnn(C)c1CN1CC(C)C1. The van der Waals surface area contributed by atoms with Gasteiger partial charge in [-0.15, -0.1) is 0 Å². The molecule has 0 aromatic carbocycles. The van der Waals surface area contributed by atoms with Crippen molar-refractivity contribution in [2.45, 2.75) is 20.4 Å². The van der Waals surface area contributed by atoms with Crippen LogP contribution in [0.5, 0.6) is 0 Å². The standard InChI is InChI=1S/C10H17N3/c1-8-5-13(6-8)7-10-9(2)4-11-12(10)3/h4,8H,5-7H2,1-3H3. The fourth-order valence-electron chi connectivity index (χ4n) is 1.97.